The van der Waals surface area contributed by atoms with Crippen LogP contribution in [0.4, 0.5) is 0 Å². The normalized spacial score (nSPS) is 18.1. The summed E-state index contributed by atoms with van der Waals surface area (Å²) in [6.45, 7) is 5.27. The summed E-state index contributed by atoms with van der Waals surface area (Å²) in [5, 5.41) is 19.1. The number of rotatable bonds is 9. The van der Waals surface area contributed by atoms with E-state index in [4.69, 9.17) is 14.6 Å². The van der Waals surface area contributed by atoms with Crippen molar-refractivity contribution in [2.24, 2.45) is 5.92 Å². The number of hydrogen-bond donors (Lipinski definition) is 2. The quantitative estimate of drug-likeness (QED) is 0.427. The van der Waals surface area contributed by atoms with Gasteiger partial charge in [-0.15, -0.1) is 0 Å². The fraction of sp³-hybridized carbons (Fsp3) is 0.367. The Balaban J connectivity index is 1.61. The van der Waals surface area contributed by atoms with E-state index in [2.05, 4.69) is 9.88 Å². The summed E-state index contributed by atoms with van der Waals surface area (Å²) in [6, 6.07) is 15.8. The lowest BCUT2D eigenvalue weighted by atomic mass is 9.99. The molecule has 39 heavy (non-hydrogen) atoms. The molecule has 3 atom stereocenters. The van der Waals surface area contributed by atoms with Crippen molar-refractivity contribution >= 4 is 11.9 Å². The second kappa shape index (κ2) is 12.3. The minimum absolute atomic E-state index is 0.0454. The molecule has 9 heteroatoms. The minimum atomic E-state index is -0.954. The number of carbonyl (C=O) groups excluding carboxylic acids is 1. The number of aromatic nitrogens is 1. The first kappa shape index (κ1) is 28.1. The molecule has 2 aromatic carbocycles. The van der Waals surface area contributed by atoms with E-state index >= 15 is 0 Å². The summed E-state index contributed by atoms with van der Waals surface area (Å²) in [7, 11) is 3.58. The molecule has 0 unspecified atom stereocenters. The van der Waals surface area contributed by atoms with Gasteiger partial charge in [0.15, 0.2) is 0 Å². The fourth-order valence-corrected chi connectivity index (χ4v) is 4.70. The number of aliphatic hydroxyl groups is 1. The first-order valence-corrected chi connectivity index (χ1v) is 12.9. The summed E-state index contributed by atoms with van der Waals surface area (Å²) in [5.74, 6) is -0.228. The Morgan fingerprint density at radius 2 is 1.87 bits per heavy atom. The van der Waals surface area contributed by atoms with Crippen molar-refractivity contribution in [1.29, 1.82) is 0 Å². The van der Waals surface area contributed by atoms with Crippen LogP contribution >= 0.6 is 0 Å². The van der Waals surface area contributed by atoms with E-state index in [1.807, 2.05) is 57.3 Å². The van der Waals surface area contributed by atoms with Crippen LogP contribution in [0.3, 0.4) is 0 Å². The molecule has 0 bridgehead atoms. The Hall–Kier alpha value is -3.95. The van der Waals surface area contributed by atoms with Crippen LogP contribution in [0.15, 0.2) is 60.8 Å². The van der Waals surface area contributed by atoms with Crippen LogP contribution in [0.25, 0.3) is 11.1 Å². The molecule has 2 heterocycles. The molecule has 0 saturated heterocycles. The molecule has 1 aliphatic heterocycles. The number of aliphatic hydroxyl groups excluding tert-OH is 1. The number of hydrogen-bond acceptors (Lipinski definition) is 7. The van der Waals surface area contributed by atoms with Crippen LogP contribution in [0.5, 0.6) is 11.6 Å². The van der Waals surface area contributed by atoms with E-state index in [0.717, 1.165) is 22.4 Å². The van der Waals surface area contributed by atoms with E-state index < -0.39 is 5.97 Å². The highest BCUT2D eigenvalue weighted by atomic mass is 16.5. The lowest BCUT2D eigenvalue weighted by molar-refractivity contribution is 0.0325. The second-order valence-electron chi connectivity index (χ2n) is 10.1. The maximum Gasteiger partial charge on any atom is 0.335 e. The van der Waals surface area contributed by atoms with Crippen LogP contribution in [-0.2, 0) is 6.54 Å². The standard InChI is InChI=1S/C30H35N3O6/c1-19-15-33(20(2)18-34)29(35)26-13-24(22-9-11-25(38-4)12-10-22)14-31-28(26)39-27(19)17-32(3)16-21-5-7-23(8-6-21)30(36)37/h5-14,19-20,27,34H,15-18H2,1-4H3,(H,36,37)/t19-,20+,27-/m1/s1. The molecule has 0 fully saturated rings. The lowest BCUT2D eigenvalue weighted by Gasteiger charge is -2.37. The minimum Gasteiger partial charge on any atom is -0.497 e. The average molecular weight is 534 g/mol. The highest BCUT2D eigenvalue weighted by molar-refractivity contribution is 5.98. The highest BCUT2D eigenvalue weighted by Gasteiger charge is 2.34. The van der Waals surface area contributed by atoms with E-state index in [-0.39, 0.29) is 42.0 Å². The molecule has 1 aromatic heterocycles. The Bertz CT molecular complexity index is 1300. The van der Waals surface area contributed by atoms with Gasteiger partial charge in [-0.05, 0) is 55.4 Å². The summed E-state index contributed by atoms with van der Waals surface area (Å²) in [5.41, 5.74) is 3.25. The third kappa shape index (κ3) is 6.55. The van der Waals surface area contributed by atoms with Crippen LogP contribution in [-0.4, -0.2) is 82.9 Å². The number of carboxylic acids is 1. The van der Waals surface area contributed by atoms with Crippen molar-refractivity contribution < 1.29 is 29.3 Å². The molecule has 0 radical (unpaired) electrons. The summed E-state index contributed by atoms with van der Waals surface area (Å²) in [4.78, 5) is 33.2. The number of likely N-dealkylation sites (N-methyl/N-ethyl adjacent to an activating group) is 1. The molecule has 4 rings (SSSR count). The molecule has 0 saturated carbocycles. The van der Waals surface area contributed by atoms with Gasteiger partial charge in [0.25, 0.3) is 5.91 Å². The van der Waals surface area contributed by atoms with Crippen LogP contribution in [0.1, 0.15) is 40.1 Å². The van der Waals surface area contributed by atoms with Crippen molar-refractivity contribution in [2.45, 2.75) is 32.5 Å². The number of aromatic carboxylic acids is 1. The van der Waals surface area contributed by atoms with Gasteiger partial charge in [-0.2, -0.15) is 0 Å². The zero-order chi connectivity index (χ0) is 28.1. The third-order valence-electron chi connectivity index (χ3n) is 7.09. The number of carbonyl (C=O) groups is 2. The van der Waals surface area contributed by atoms with Gasteiger partial charge in [0, 0.05) is 37.3 Å². The van der Waals surface area contributed by atoms with Crippen LogP contribution < -0.4 is 9.47 Å². The first-order valence-electron chi connectivity index (χ1n) is 12.9. The van der Waals surface area contributed by atoms with Crippen molar-refractivity contribution in [2.75, 3.05) is 33.9 Å². The zero-order valence-electron chi connectivity index (χ0n) is 22.7. The molecule has 1 amide bonds. The van der Waals surface area contributed by atoms with Crippen molar-refractivity contribution in [3.05, 3.63) is 77.5 Å². The van der Waals surface area contributed by atoms with Gasteiger partial charge < -0.3 is 24.6 Å². The number of pyridine rings is 1. The maximum atomic E-state index is 13.7. The van der Waals surface area contributed by atoms with E-state index in [1.165, 1.54) is 0 Å². The predicted molar refractivity (Wildman–Crippen MR) is 147 cm³/mol. The van der Waals surface area contributed by atoms with E-state index in [9.17, 15) is 14.7 Å². The van der Waals surface area contributed by atoms with Crippen molar-refractivity contribution in [1.82, 2.24) is 14.8 Å². The van der Waals surface area contributed by atoms with Crippen LogP contribution in [0.2, 0.25) is 0 Å². The lowest BCUT2D eigenvalue weighted by Crippen LogP contribution is -2.49. The number of benzene rings is 2. The highest BCUT2D eigenvalue weighted by Crippen LogP contribution is 2.31. The number of fused-ring (bicyclic) bond motifs is 1. The molecule has 3 aromatic rings. The molecule has 0 aliphatic carbocycles. The second-order valence-corrected chi connectivity index (χ2v) is 10.1. The van der Waals surface area contributed by atoms with Crippen molar-refractivity contribution in [3.8, 4) is 22.8 Å². The summed E-state index contributed by atoms with van der Waals surface area (Å²) in [6.07, 6.45) is 1.41. The Kier molecular flexibility index (Phi) is 8.83. The number of amides is 1. The molecular weight excluding hydrogens is 498 g/mol. The summed E-state index contributed by atoms with van der Waals surface area (Å²) < 4.78 is 11.7. The molecule has 9 nitrogen and oxygen atoms in total. The van der Waals surface area contributed by atoms with Gasteiger partial charge >= 0.3 is 5.97 Å². The number of carboxylic acid groups (broad SMARTS) is 1. The SMILES string of the molecule is COc1ccc(-c2cnc3c(c2)C(=O)N([C@@H](C)CO)C[C@@H](C)[C@@H](CN(C)Cc2ccc(C(=O)O)cc2)O3)cc1. The largest absolute Gasteiger partial charge is 0.497 e. The van der Waals surface area contributed by atoms with Gasteiger partial charge in [-0.1, -0.05) is 31.2 Å². The van der Waals surface area contributed by atoms with Gasteiger partial charge in [-0.3, -0.25) is 9.69 Å². The topological polar surface area (TPSA) is 112 Å². The van der Waals surface area contributed by atoms with Crippen molar-refractivity contribution in [3.63, 3.8) is 0 Å². The molecule has 0 spiro atoms. The molecule has 2 N–H and O–H groups in total. The average Bonchev–Trinajstić information content (AvgIpc) is 2.94. The van der Waals surface area contributed by atoms with Crippen LogP contribution in [0, 0.1) is 5.92 Å². The zero-order valence-corrected chi connectivity index (χ0v) is 22.7. The number of ether oxygens (including phenoxy) is 2. The van der Waals surface area contributed by atoms with E-state index in [1.54, 1.807) is 36.4 Å². The van der Waals surface area contributed by atoms with E-state index in [0.29, 0.717) is 25.2 Å². The van der Waals surface area contributed by atoms with Gasteiger partial charge in [0.05, 0.1) is 25.3 Å². The Morgan fingerprint density at radius 3 is 2.49 bits per heavy atom. The number of methoxy groups -OCH3 is 1. The predicted octanol–water partition coefficient (Wildman–Crippen LogP) is 3.81. The van der Waals surface area contributed by atoms with Gasteiger partial charge in [0.2, 0.25) is 5.88 Å². The molecule has 1 aliphatic rings. The molecular formula is C30H35N3O6. The number of nitrogens with zero attached hydrogens (tertiary/aromatic N) is 3. The molecule has 206 valence electrons. The fourth-order valence-electron chi connectivity index (χ4n) is 4.70. The first-order chi connectivity index (χ1) is 18.7. The third-order valence-corrected chi connectivity index (χ3v) is 7.09. The van der Waals surface area contributed by atoms with Gasteiger partial charge in [0.1, 0.15) is 17.4 Å². The maximum absolute atomic E-state index is 13.7. The smallest absolute Gasteiger partial charge is 0.335 e. The summed E-state index contributed by atoms with van der Waals surface area (Å²) >= 11 is 0. The Labute approximate surface area is 228 Å². The van der Waals surface area contributed by atoms with Gasteiger partial charge in [-0.25, -0.2) is 9.78 Å². The Morgan fingerprint density at radius 1 is 1.18 bits per heavy atom. The monoisotopic (exact) mass is 533 g/mol.